The Morgan fingerprint density at radius 3 is 1.12 bits per heavy atom. The second kappa shape index (κ2) is 14.8. The van der Waals surface area contributed by atoms with Crippen molar-refractivity contribution in [2.45, 2.75) is 66.2 Å². The minimum Gasteiger partial charge on any atom is -0.550 e. The second-order valence-corrected chi connectivity index (χ2v) is 10.6. The van der Waals surface area contributed by atoms with Crippen LogP contribution in [0.5, 0.6) is 0 Å². The Balaban J connectivity index is 0.000000397. The first kappa shape index (κ1) is 36.9. The van der Waals surface area contributed by atoms with Gasteiger partial charge >= 0.3 is 75.5 Å². The third-order valence-electron chi connectivity index (χ3n) is 8.79. The van der Waals surface area contributed by atoms with Gasteiger partial charge in [0.25, 0.3) is 0 Å². The molecule has 0 saturated heterocycles. The van der Waals surface area contributed by atoms with Crippen LogP contribution in [0.2, 0.25) is 0 Å². The zero-order chi connectivity index (χ0) is 28.6. The van der Waals surface area contributed by atoms with Crippen LogP contribution in [0, 0.1) is 51.4 Å². The van der Waals surface area contributed by atoms with Crippen LogP contribution in [0.1, 0.15) is 70.2 Å². The van der Waals surface area contributed by atoms with Gasteiger partial charge in [-0.05, 0) is 96.9 Å². The van der Waals surface area contributed by atoms with E-state index in [0.29, 0.717) is 0 Å². The topological polar surface area (TPSA) is 161 Å². The van der Waals surface area contributed by atoms with Gasteiger partial charge in [0.15, 0.2) is 0 Å². The van der Waals surface area contributed by atoms with Gasteiger partial charge in [-0.25, -0.2) is 0 Å². The average Bonchev–Trinajstić information content (AvgIpc) is 2.85. The van der Waals surface area contributed by atoms with Crippen molar-refractivity contribution in [1.82, 2.24) is 0 Å². The van der Waals surface area contributed by atoms with Gasteiger partial charge in [0, 0.05) is 47.5 Å². The first-order valence-corrected chi connectivity index (χ1v) is 12.7. The molecule has 6 unspecified atom stereocenters. The van der Waals surface area contributed by atoms with Gasteiger partial charge in [0.05, 0.1) is 0 Å². The van der Waals surface area contributed by atoms with Gasteiger partial charge in [-0.2, -0.15) is 0 Å². The van der Waals surface area contributed by atoms with Crippen LogP contribution < -0.4 is 20.4 Å². The Bertz CT molecular complexity index is 1210. The molecule has 2 aliphatic rings. The molecule has 8 nitrogen and oxygen atoms in total. The zero-order valence-electron chi connectivity index (χ0n) is 23.9. The SMILES string of the molecule is Cc1c(C)c(C)c2c(c1C)C(C)C(C(=O)[O-])C(C(=O)[O-])C2C.O=C([O-])C1Cc2ccccc2CC1C(=O)[O-].[Ca+2].[Ca+2]. The third-order valence-corrected chi connectivity index (χ3v) is 8.79. The fraction of sp³-hybridized carbons (Fsp3) is 0.467. The number of aliphatic carboxylic acids is 4. The van der Waals surface area contributed by atoms with Gasteiger partial charge < -0.3 is 39.6 Å². The molecular formula is C30H32Ca2O8. The van der Waals surface area contributed by atoms with Gasteiger partial charge in [-0.3, -0.25) is 0 Å². The molecule has 0 aliphatic heterocycles. The molecule has 0 saturated carbocycles. The van der Waals surface area contributed by atoms with Gasteiger partial charge in [0.2, 0.25) is 0 Å². The van der Waals surface area contributed by atoms with Crippen LogP contribution >= 0.6 is 0 Å². The van der Waals surface area contributed by atoms with Crippen molar-refractivity contribution in [1.29, 1.82) is 0 Å². The molecule has 0 fully saturated rings. The summed E-state index contributed by atoms with van der Waals surface area (Å²) in [4.78, 5) is 44.9. The van der Waals surface area contributed by atoms with Crippen molar-refractivity contribution in [3.63, 3.8) is 0 Å². The fourth-order valence-corrected chi connectivity index (χ4v) is 6.44. The summed E-state index contributed by atoms with van der Waals surface area (Å²) in [6.45, 7) is 11.6. The standard InChI is InChI=1S/C18H24O4.C12H12O4.2Ca/c1-7-8(2)10(4)14-12(6)16(18(21)22)15(17(19)20)11(5)13(14)9(7)3;13-11(14)9-5-7-3-1-2-4-8(7)6-10(9)12(15)16;;/h11-12,15-16H,1-6H3,(H,19,20)(H,21,22);1-4,9-10H,5-6H2,(H,13,14)(H,15,16);;/q;;2*+2/p-4. The number of carboxylic acids is 4. The molecule has 2 aromatic rings. The smallest absolute Gasteiger partial charge is 0.550 e. The van der Waals surface area contributed by atoms with E-state index in [1.165, 1.54) is 0 Å². The summed E-state index contributed by atoms with van der Waals surface area (Å²) in [6.07, 6.45) is 0.411. The Hall–Kier alpha value is -1.16. The van der Waals surface area contributed by atoms with Crippen LogP contribution in [0.25, 0.3) is 0 Å². The van der Waals surface area contributed by atoms with Gasteiger partial charge in [0.1, 0.15) is 0 Å². The van der Waals surface area contributed by atoms with Crippen molar-refractivity contribution in [3.8, 4) is 0 Å². The molecule has 204 valence electrons. The van der Waals surface area contributed by atoms with E-state index >= 15 is 0 Å². The van der Waals surface area contributed by atoms with Crippen molar-refractivity contribution >= 4 is 99.4 Å². The maximum absolute atomic E-state index is 11.6. The Labute approximate surface area is 294 Å². The van der Waals surface area contributed by atoms with Crippen molar-refractivity contribution in [2.75, 3.05) is 0 Å². The minimum atomic E-state index is -1.32. The van der Waals surface area contributed by atoms with Gasteiger partial charge in [-0.15, -0.1) is 0 Å². The quantitative estimate of drug-likeness (QED) is 0.389. The molecule has 0 heterocycles. The molecule has 0 radical (unpaired) electrons. The summed E-state index contributed by atoms with van der Waals surface area (Å²) in [5.74, 6) is -10.2. The fourth-order valence-electron chi connectivity index (χ4n) is 6.44. The number of benzene rings is 2. The van der Waals surface area contributed by atoms with E-state index in [9.17, 15) is 39.6 Å². The Morgan fingerprint density at radius 1 is 0.575 bits per heavy atom. The number of carbonyl (C=O) groups is 4. The summed E-state index contributed by atoms with van der Waals surface area (Å²) in [6, 6.07) is 7.25. The largest absolute Gasteiger partial charge is 2.00 e. The number of hydrogen-bond donors (Lipinski definition) is 0. The number of fused-ring (bicyclic) bond motifs is 2. The molecule has 6 atom stereocenters. The molecule has 40 heavy (non-hydrogen) atoms. The van der Waals surface area contributed by atoms with Crippen LogP contribution in [0.4, 0.5) is 0 Å². The molecule has 2 aromatic carbocycles. The first-order valence-electron chi connectivity index (χ1n) is 12.7. The van der Waals surface area contributed by atoms with E-state index in [-0.39, 0.29) is 88.3 Å². The maximum Gasteiger partial charge on any atom is 2.00 e. The summed E-state index contributed by atoms with van der Waals surface area (Å²) in [5, 5.41) is 44.9. The molecule has 4 rings (SSSR count). The maximum atomic E-state index is 11.6. The van der Waals surface area contributed by atoms with Crippen molar-refractivity contribution in [2.24, 2.45) is 23.7 Å². The van der Waals surface area contributed by atoms with Crippen LogP contribution in [-0.2, 0) is 32.0 Å². The van der Waals surface area contributed by atoms with E-state index in [1.807, 2.05) is 52.0 Å². The zero-order valence-corrected chi connectivity index (χ0v) is 28.3. The molecule has 2 aliphatic carbocycles. The normalized spacial score (nSPS) is 24.4. The molecule has 0 aromatic heterocycles. The third kappa shape index (κ3) is 7.06. The first-order chi connectivity index (χ1) is 17.7. The van der Waals surface area contributed by atoms with Crippen molar-refractivity contribution < 1.29 is 39.6 Å². The van der Waals surface area contributed by atoms with Crippen LogP contribution in [-0.4, -0.2) is 99.4 Å². The van der Waals surface area contributed by atoms with E-state index in [2.05, 4.69) is 0 Å². The van der Waals surface area contributed by atoms with Gasteiger partial charge in [-0.1, -0.05) is 38.1 Å². The van der Waals surface area contributed by atoms with E-state index in [1.54, 1.807) is 13.8 Å². The molecule has 10 heteroatoms. The second-order valence-electron chi connectivity index (χ2n) is 10.6. The Morgan fingerprint density at radius 2 is 0.875 bits per heavy atom. The predicted octanol–water partition coefficient (Wildman–Crippen LogP) is -1.37. The predicted molar refractivity (Wildman–Crippen MR) is 142 cm³/mol. The number of carbonyl (C=O) groups excluding carboxylic acids is 4. The molecule has 0 spiro atoms. The van der Waals surface area contributed by atoms with Crippen molar-refractivity contribution in [3.05, 3.63) is 68.8 Å². The number of carboxylic acid groups (broad SMARTS) is 4. The van der Waals surface area contributed by atoms with Crippen LogP contribution in [0.15, 0.2) is 24.3 Å². The molecule has 0 amide bonds. The number of hydrogen-bond acceptors (Lipinski definition) is 8. The molecular weight excluding hydrogens is 568 g/mol. The van der Waals surface area contributed by atoms with E-state index in [0.717, 1.165) is 44.5 Å². The minimum absolute atomic E-state index is 0. The van der Waals surface area contributed by atoms with E-state index < -0.39 is 59.4 Å². The van der Waals surface area contributed by atoms with E-state index in [4.69, 9.17) is 0 Å². The monoisotopic (exact) mass is 600 g/mol. The Kier molecular flexibility index (Phi) is 13.7. The summed E-state index contributed by atoms with van der Waals surface area (Å²) in [7, 11) is 0. The van der Waals surface area contributed by atoms with Crippen LogP contribution in [0.3, 0.4) is 0 Å². The number of rotatable bonds is 4. The summed E-state index contributed by atoms with van der Waals surface area (Å²) in [5.41, 5.74) is 8.10. The summed E-state index contributed by atoms with van der Waals surface area (Å²) >= 11 is 0. The summed E-state index contributed by atoms with van der Waals surface area (Å²) < 4.78 is 0. The average molecular weight is 601 g/mol. The molecule has 0 bridgehead atoms. The molecule has 0 N–H and O–H groups in total.